The normalized spacial score (nSPS) is 10.6. The highest BCUT2D eigenvalue weighted by molar-refractivity contribution is 6.08. The molecule has 0 bridgehead atoms. The molecule has 7 heteroatoms. The summed E-state index contributed by atoms with van der Waals surface area (Å²) in [6.45, 7) is 1.78. The van der Waals surface area contributed by atoms with Gasteiger partial charge in [0, 0.05) is 17.8 Å². The number of aromatic nitrogens is 2. The van der Waals surface area contributed by atoms with E-state index in [2.05, 4.69) is 10.4 Å². The molecular formula is C25H22FN3O3. The molecule has 0 radical (unpaired) electrons. The molecule has 4 rings (SSSR count). The summed E-state index contributed by atoms with van der Waals surface area (Å²) in [7, 11) is 3.10. The molecule has 1 aromatic heterocycles. The first-order valence-electron chi connectivity index (χ1n) is 9.95. The van der Waals surface area contributed by atoms with Crippen LogP contribution in [0, 0.1) is 12.7 Å². The topological polar surface area (TPSA) is 65.4 Å². The molecule has 1 amide bonds. The molecule has 0 fully saturated rings. The Hall–Kier alpha value is -4.13. The van der Waals surface area contributed by atoms with Gasteiger partial charge in [0.15, 0.2) is 0 Å². The number of aryl methyl sites for hydroxylation is 1. The highest BCUT2D eigenvalue weighted by Crippen LogP contribution is 2.35. The Morgan fingerprint density at radius 3 is 2.47 bits per heavy atom. The molecule has 6 nitrogen and oxygen atoms in total. The van der Waals surface area contributed by atoms with Gasteiger partial charge in [-0.15, -0.1) is 0 Å². The van der Waals surface area contributed by atoms with Crippen molar-refractivity contribution in [1.82, 2.24) is 9.78 Å². The fourth-order valence-electron chi connectivity index (χ4n) is 3.36. The van der Waals surface area contributed by atoms with Crippen molar-refractivity contribution in [2.24, 2.45) is 0 Å². The molecule has 0 unspecified atom stereocenters. The first-order valence-corrected chi connectivity index (χ1v) is 9.95. The van der Waals surface area contributed by atoms with Crippen LogP contribution in [0.2, 0.25) is 0 Å². The summed E-state index contributed by atoms with van der Waals surface area (Å²) in [6.07, 6.45) is 1.62. The van der Waals surface area contributed by atoms with E-state index in [0.29, 0.717) is 22.8 Å². The van der Waals surface area contributed by atoms with E-state index in [0.717, 1.165) is 11.3 Å². The first-order chi connectivity index (χ1) is 15.5. The number of hydrogen-bond donors (Lipinski definition) is 1. The lowest BCUT2D eigenvalue weighted by Crippen LogP contribution is -2.13. The van der Waals surface area contributed by atoms with E-state index in [1.54, 1.807) is 49.2 Å². The lowest BCUT2D eigenvalue weighted by atomic mass is 10.1. The Balaban J connectivity index is 1.82. The van der Waals surface area contributed by atoms with Gasteiger partial charge in [0.25, 0.3) is 5.91 Å². The van der Waals surface area contributed by atoms with Crippen LogP contribution in [0.3, 0.4) is 0 Å². The number of nitrogens with zero attached hydrogens (tertiary/aromatic N) is 2. The molecule has 0 saturated carbocycles. The Kier molecular flexibility index (Phi) is 5.89. The molecule has 32 heavy (non-hydrogen) atoms. The number of rotatable bonds is 6. The predicted molar refractivity (Wildman–Crippen MR) is 121 cm³/mol. The number of carbonyl (C=O) groups excluding carboxylic acids is 1. The first kappa shape index (κ1) is 21.1. The van der Waals surface area contributed by atoms with Crippen LogP contribution in [0.4, 0.5) is 10.1 Å². The van der Waals surface area contributed by atoms with Crippen LogP contribution in [0.1, 0.15) is 15.9 Å². The fraction of sp³-hybridized carbons (Fsp3) is 0.120. The van der Waals surface area contributed by atoms with Gasteiger partial charge in [-0.3, -0.25) is 4.79 Å². The second-order valence-corrected chi connectivity index (χ2v) is 7.18. The van der Waals surface area contributed by atoms with E-state index in [1.165, 1.54) is 19.2 Å². The maximum Gasteiger partial charge on any atom is 0.259 e. The molecular weight excluding hydrogens is 409 g/mol. The van der Waals surface area contributed by atoms with E-state index >= 15 is 0 Å². The molecule has 0 saturated heterocycles. The van der Waals surface area contributed by atoms with E-state index in [1.807, 2.05) is 30.3 Å². The summed E-state index contributed by atoms with van der Waals surface area (Å²) in [5.74, 6) is 0.124. The highest BCUT2D eigenvalue weighted by atomic mass is 19.1. The van der Waals surface area contributed by atoms with E-state index in [-0.39, 0.29) is 11.3 Å². The van der Waals surface area contributed by atoms with Crippen LogP contribution < -0.4 is 14.8 Å². The maximum absolute atomic E-state index is 14.4. The van der Waals surface area contributed by atoms with Crippen molar-refractivity contribution in [3.63, 3.8) is 0 Å². The Labute approximate surface area is 185 Å². The van der Waals surface area contributed by atoms with Crippen molar-refractivity contribution in [2.75, 3.05) is 19.5 Å². The van der Waals surface area contributed by atoms with Gasteiger partial charge >= 0.3 is 0 Å². The van der Waals surface area contributed by atoms with Crippen molar-refractivity contribution in [3.8, 4) is 28.4 Å². The highest BCUT2D eigenvalue weighted by Gasteiger charge is 2.22. The summed E-state index contributed by atoms with van der Waals surface area (Å²) in [4.78, 5) is 13.2. The van der Waals surface area contributed by atoms with E-state index in [4.69, 9.17) is 9.47 Å². The minimum Gasteiger partial charge on any atom is -0.497 e. The van der Waals surface area contributed by atoms with E-state index in [9.17, 15) is 9.18 Å². The standard InChI is InChI=1S/C25H22FN3O3/c1-16-9-12-22(21(26)13-16)27-25(30)20-15-29(17-7-5-4-6-8-17)28-24(20)19-11-10-18(31-2)14-23(19)32-3/h4-15H,1-3H3,(H,27,30). The number of ether oxygens (including phenoxy) is 2. The molecule has 1 N–H and O–H groups in total. The summed E-state index contributed by atoms with van der Waals surface area (Å²) >= 11 is 0. The summed E-state index contributed by atoms with van der Waals surface area (Å²) < 4.78 is 26.8. The second-order valence-electron chi connectivity index (χ2n) is 7.18. The number of carbonyl (C=O) groups is 1. The molecule has 0 atom stereocenters. The third-order valence-electron chi connectivity index (χ3n) is 5.02. The number of anilines is 1. The number of halogens is 1. The summed E-state index contributed by atoms with van der Waals surface area (Å²) in [5, 5.41) is 7.31. The molecule has 0 spiro atoms. The number of amides is 1. The van der Waals surface area contributed by atoms with Crippen molar-refractivity contribution >= 4 is 11.6 Å². The zero-order valence-electron chi connectivity index (χ0n) is 17.9. The van der Waals surface area contributed by atoms with Crippen LogP contribution >= 0.6 is 0 Å². The van der Waals surface area contributed by atoms with Gasteiger partial charge in [0.2, 0.25) is 0 Å². The van der Waals surface area contributed by atoms with Crippen LogP contribution in [0.25, 0.3) is 16.9 Å². The van der Waals surface area contributed by atoms with Crippen molar-refractivity contribution < 1.29 is 18.7 Å². The third kappa shape index (κ3) is 4.18. The van der Waals surface area contributed by atoms with Crippen LogP contribution in [0.5, 0.6) is 11.5 Å². The van der Waals surface area contributed by atoms with Gasteiger partial charge in [0.1, 0.15) is 23.0 Å². The summed E-state index contributed by atoms with van der Waals surface area (Å²) in [5.41, 5.74) is 2.93. The molecule has 0 aliphatic carbocycles. The van der Waals surface area contributed by atoms with E-state index < -0.39 is 11.7 Å². The monoisotopic (exact) mass is 431 g/mol. The van der Waals surface area contributed by atoms with Crippen molar-refractivity contribution in [2.45, 2.75) is 6.92 Å². The second kappa shape index (κ2) is 8.93. The van der Waals surface area contributed by atoms with Gasteiger partial charge in [-0.25, -0.2) is 9.07 Å². The average molecular weight is 431 g/mol. The summed E-state index contributed by atoms with van der Waals surface area (Å²) in [6, 6.07) is 19.3. The van der Waals surface area contributed by atoms with Gasteiger partial charge in [-0.05, 0) is 48.9 Å². The lowest BCUT2D eigenvalue weighted by Gasteiger charge is -2.11. The number of para-hydroxylation sites is 1. The van der Waals surface area contributed by atoms with Gasteiger partial charge in [0.05, 0.1) is 31.2 Å². The third-order valence-corrected chi connectivity index (χ3v) is 5.02. The van der Waals surface area contributed by atoms with Gasteiger partial charge in [-0.1, -0.05) is 24.3 Å². The SMILES string of the molecule is COc1ccc(-c2nn(-c3ccccc3)cc2C(=O)Nc2ccc(C)cc2F)c(OC)c1. The molecule has 4 aromatic rings. The van der Waals surface area contributed by atoms with Crippen molar-refractivity contribution in [3.05, 3.63) is 89.9 Å². The largest absolute Gasteiger partial charge is 0.497 e. The number of methoxy groups -OCH3 is 2. The average Bonchev–Trinajstić information content (AvgIpc) is 3.26. The molecule has 0 aliphatic rings. The number of hydrogen-bond acceptors (Lipinski definition) is 4. The van der Waals surface area contributed by atoms with Crippen LogP contribution in [0.15, 0.2) is 72.9 Å². The zero-order valence-corrected chi connectivity index (χ0v) is 17.9. The van der Waals surface area contributed by atoms with Gasteiger partial charge < -0.3 is 14.8 Å². The van der Waals surface area contributed by atoms with Gasteiger partial charge in [-0.2, -0.15) is 5.10 Å². The van der Waals surface area contributed by atoms with Crippen molar-refractivity contribution in [1.29, 1.82) is 0 Å². The molecule has 3 aromatic carbocycles. The fourth-order valence-corrected chi connectivity index (χ4v) is 3.36. The Morgan fingerprint density at radius 2 is 1.78 bits per heavy atom. The smallest absolute Gasteiger partial charge is 0.259 e. The maximum atomic E-state index is 14.4. The van der Waals surface area contributed by atoms with Crippen LogP contribution in [-0.2, 0) is 0 Å². The number of nitrogens with one attached hydrogen (secondary N) is 1. The number of benzene rings is 3. The minimum atomic E-state index is -0.502. The Bertz CT molecular complexity index is 1270. The lowest BCUT2D eigenvalue weighted by molar-refractivity contribution is 0.102. The predicted octanol–water partition coefficient (Wildman–Crippen LogP) is 5.26. The van der Waals surface area contributed by atoms with Crippen LogP contribution in [-0.4, -0.2) is 29.9 Å². The quantitative estimate of drug-likeness (QED) is 0.453. The minimum absolute atomic E-state index is 0.0979. The molecule has 0 aliphatic heterocycles. The molecule has 1 heterocycles. The Morgan fingerprint density at radius 1 is 1.00 bits per heavy atom. The zero-order chi connectivity index (χ0) is 22.7. The molecule has 162 valence electrons.